The first-order valence-corrected chi connectivity index (χ1v) is 5.70. The Labute approximate surface area is 104 Å². The number of nitrogens with one attached hydrogen (secondary N) is 3. The van der Waals surface area contributed by atoms with Gasteiger partial charge in [0.15, 0.2) is 0 Å². The number of benzene rings is 1. The molecule has 1 aliphatic heterocycles. The third-order valence-corrected chi connectivity index (χ3v) is 2.55. The summed E-state index contributed by atoms with van der Waals surface area (Å²) in [4.78, 5) is 22.2. The van der Waals surface area contributed by atoms with Crippen LogP contribution >= 0.6 is 0 Å². The molecular formula is C12H14N4O2. The average Bonchev–Trinajstić information content (AvgIpc) is 2.35. The average molecular weight is 246 g/mol. The lowest BCUT2D eigenvalue weighted by molar-refractivity contribution is -0.119. The Hall–Kier alpha value is -2.37. The molecule has 1 aliphatic rings. The summed E-state index contributed by atoms with van der Waals surface area (Å²) in [5.41, 5.74) is 4.86. The molecule has 0 saturated carbocycles. The number of amidine groups is 1. The van der Waals surface area contributed by atoms with Crippen molar-refractivity contribution >= 4 is 23.5 Å². The highest BCUT2D eigenvalue weighted by molar-refractivity contribution is 6.16. The fourth-order valence-electron chi connectivity index (χ4n) is 1.66. The van der Waals surface area contributed by atoms with Crippen LogP contribution in [0.2, 0.25) is 0 Å². The number of nitrogens with zero attached hydrogens (tertiary/aromatic N) is 1. The number of carbonyl (C=O) groups is 2. The first-order valence-electron chi connectivity index (χ1n) is 5.70. The number of carbonyl (C=O) groups excluding carboxylic acids is 2. The van der Waals surface area contributed by atoms with E-state index in [0.717, 1.165) is 17.7 Å². The molecule has 1 heterocycles. The number of aryl methyl sites for hydroxylation is 1. The van der Waals surface area contributed by atoms with Crippen molar-refractivity contribution in [3.8, 4) is 0 Å². The molecule has 3 N–H and O–H groups in total. The minimum Gasteiger partial charge on any atom is -0.294 e. The van der Waals surface area contributed by atoms with Gasteiger partial charge in [-0.05, 0) is 18.1 Å². The molecule has 0 atom stereocenters. The smallest absolute Gasteiger partial charge is 0.294 e. The van der Waals surface area contributed by atoms with Crippen LogP contribution in [0.1, 0.15) is 18.9 Å². The molecule has 0 spiro atoms. The van der Waals surface area contributed by atoms with Crippen LogP contribution in [0.15, 0.2) is 29.4 Å². The van der Waals surface area contributed by atoms with Crippen LogP contribution in [0.3, 0.4) is 0 Å². The van der Waals surface area contributed by atoms with Crippen molar-refractivity contribution in [2.75, 3.05) is 5.43 Å². The number of para-hydroxylation sites is 1. The van der Waals surface area contributed by atoms with Gasteiger partial charge in [-0.15, -0.1) is 0 Å². The Morgan fingerprint density at radius 2 is 2.06 bits per heavy atom. The minimum atomic E-state index is -0.546. The number of hydrogen-bond acceptors (Lipinski definition) is 4. The van der Waals surface area contributed by atoms with Crippen LogP contribution < -0.4 is 16.1 Å². The zero-order valence-corrected chi connectivity index (χ0v) is 9.99. The van der Waals surface area contributed by atoms with Crippen LogP contribution in [0.4, 0.5) is 10.5 Å². The predicted molar refractivity (Wildman–Crippen MR) is 68.2 cm³/mol. The van der Waals surface area contributed by atoms with E-state index >= 15 is 0 Å². The van der Waals surface area contributed by atoms with Gasteiger partial charge >= 0.3 is 6.03 Å². The monoisotopic (exact) mass is 246 g/mol. The normalized spacial score (nSPS) is 17.3. The van der Waals surface area contributed by atoms with E-state index in [2.05, 4.69) is 21.2 Å². The van der Waals surface area contributed by atoms with Crippen molar-refractivity contribution < 1.29 is 9.59 Å². The molecule has 94 valence electrons. The molecule has 3 amide bonds. The van der Waals surface area contributed by atoms with Crippen molar-refractivity contribution in [3.05, 3.63) is 29.8 Å². The van der Waals surface area contributed by atoms with Crippen molar-refractivity contribution in [2.45, 2.75) is 19.8 Å². The lowest BCUT2D eigenvalue weighted by Crippen LogP contribution is -2.50. The topological polar surface area (TPSA) is 82.6 Å². The molecule has 6 nitrogen and oxygen atoms in total. The van der Waals surface area contributed by atoms with Crippen LogP contribution in [0, 0.1) is 0 Å². The van der Waals surface area contributed by atoms with Gasteiger partial charge in [-0.2, -0.15) is 5.10 Å². The summed E-state index contributed by atoms with van der Waals surface area (Å²) in [6, 6.07) is 7.19. The molecule has 18 heavy (non-hydrogen) atoms. The van der Waals surface area contributed by atoms with Crippen molar-refractivity contribution in [1.29, 1.82) is 0 Å². The van der Waals surface area contributed by atoms with E-state index in [1.165, 1.54) is 0 Å². The zero-order valence-electron chi connectivity index (χ0n) is 9.99. The lowest BCUT2D eigenvalue weighted by Gasteiger charge is -2.15. The Bertz CT molecular complexity index is 493. The molecular weight excluding hydrogens is 232 g/mol. The highest BCUT2D eigenvalue weighted by Crippen LogP contribution is 2.15. The third kappa shape index (κ3) is 2.85. The summed E-state index contributed by atoms with van der Waals surface area (Å²) in [5.74, 6) is -0.0438. The summed E-state index contributed by atoms with van der Waals surface area (Å²) in [5, 5.41) is 8.64. The van der Waals surface area contributed by atoms with Crippen LogP contribution in [-0.2, 0) is 11.2 Å². The van der Waals surface area contributed by atoms with E-state index in [0.29, 0.717) is 5.84 Å². The third-order valence-electron chi connectivity index (χ3n) is 2.55. The predicted octanol–water partition coefficient (Wildman–Crippen LogP) is 1.20. The van der Waals surface area contributed by atoms with Crippen LogP contribution in [-0.4, -0.2) is 17.8 Å². The van der Waals surface area contributed by atoms with Gasteiger partial charge in [0, 0.05) is 0 Å². The molecule has 2 rings (SSSR count). The fourth-order valence-corrected chi connectivity index (χ4v) is 1.66. The van der Waals surface area contributed by atoms with Crippen molar-refractivity contribution in [1.82, 2.24) is 10.6 Å². The number of hydrazone groups is 1. The maximum absolute atomic E-state index is 11.1. The van der Waals surface area contributed by atoms with Gasteiger partial charge in [0.2, 0.25) is 5.91 Å². The second kappa shape index (κ2) is 5.31. The van der Waals surface area contributed by atoms with Crippen LogP contribution in [0.5, 0.6) is 0 Å². The summed E-state index contributed by atoms with van der Waals surface area (Å²) >= 11 is 0. The Balaban J connectivity index is 2.10. The van der Waals surface area contributed by atoms with E-state index in [4.69, 9.17) is 0 Å². The van der Waals surface area contributed by atoms with Gasteiger partial charge in [0.1, 0.15) is 5.84 Å². The first-order chi connectivity index (χ1) is 8.69. The molecule has 0 aliphatic carbocycles. The Morgan fingerprint density at radius 3 is 2.78 bits per heavy atom. The second-order valence-electron chi connectivity index (χ2n) is 3.86. The highest BCUT2D eigenvalue weighted by Gasteiger charge is 2.19. The first kappa shape index (κ1) is 12.1. The SMILES string of the molecule is CCc1ccccc1NN=C1CC(=O)NC(=O)N1. The number of hydrogen-bond donors (Lipinski definition) is 3. The summed E-state index contributed by atoms with van der Waals surface area (Å²) in [7, 11) is 0. The number of amides is 3. The van der Waals surface area contributed by atoms with E-state index in [1.807, 2.05) is 31.2 Å². The van der Waals surface area contributed by atoms with Gasteiger partial charge in [0.25, 0.3) is 0 Å². The molecule has 6 heteroatoms. The molecule has 1 aromatic rings. The van der Waals surface area contributed by atoms with Gasteiger partial charge in [-0.1, -0.05) is 25.1 Å². The Kier molecular flexibility index (Phi) is 3.57. The molecule has 0 unspecified atom stereocenters. The van der Waals surface area contributed by atoms with E-state index in [9.17, 15) is 9.59 Å². The van der Waals surface area contributed by atoms with Gasteiger partial charge in [0.05, 0.1) is 12.1 Å². The van der Waals surface area contributed by atoms with Gasteiger partial charge in [-0.3, -0.25) is 20.9 Å². The van der Waals surface area contributed by atoms with Gasteiger partial charge < -0.3 is 0 Å². The second-order valence-corrected chi connectivity index (χ2v) is 3.86. The highest BCUT2D eigenvalue weighted by atomic mass is 16.2. The molecule has 0 aromatic heterocycles. The number of rotatable bonds is 3. The minimum absolute atomic E-state index is 0.0625. The number of imide groups is 1. The molecule has 1 saturated heterocycles. The quantitative estimate of drug-likeness (QED) is 0.701. The maximum atomic E-state index is 11.1. The summed E-state index contributed by atoms with van der Waals surface area (Å²) < 4.78 is 0. The molecule has 0 bridgehead atoms. The Morgan fingerprint density at radius 1 is 1.28 bits per heavy atom. The standard InChI is InChI=1S/C12H14N4O2/c1-2-8-5-3-4-6-9(8)15-16-10-7-11(17)14-12(18)13-10/h3-6,15H,2,7H2,1H3,(H2,13,14,16,17,18). The molecule has 0 radical (unpaired) electrons. The molecule has 1 aromatic carbocycles. The van der Waals surface area contributed by atoms with E-state index in [-0.39, 0.29) is 12.3 Å². The van der Waals surface area contributed by atoms with Gasteiger partial charge in [-0.25, -0.2) is 4.79 Å². The van der Waals surface area contributed by atoms with Crippen LogP contribution in [0.25, 0.3) is 0 Å². The van der Waals surface area contributed by atoms with E-state index < -0.39 is 6.03 Å². The summed E-state index contributed by atoms with van der Waals surface area (Å²) in [6.45, 7) is 2.05. The fraction of sp³-hybridized carbons (Fsp3) is 0.250. The zero-order chi connectivity index (χ0) is 13.0. The maximum Gasteiger partial charge on any atom is 0.326 e. The number of anilines is 1. The largest absolute Gasteiger partial charge is 0.326 e. The van der Waals surface area contributed by atoms with Crippen molar-refractivity contribution in [2.24, 2.45) is 5.10 Å². The number of urea groups is 1. The van der Waals surface area contributed by atoms with E-state index in [1.54, 1.807) is 0 Å². The van der Waals surface area contributed by atoms with Crippen molar-refractivity contribution in [3.63, 3.8) is 0 Å². The summed E-state index contributed by atoms with van der Waals surface area (Å²) in [6.07, 6.45) is 0.938. The lowest BCUT2D eigenvalue weighted by atomic mass is 10.1. The molecule has 1 fully saturated rings.